The number of carboxylic acid groups (broad SMARTS) is 1. The van der Waals surface area contributed by atoms with Gasteiger partial charge in [-0.15, -0.1) is 0 Å². The molecule has 0 aliphatic heterocycles. The highest BCUT2D eigenvalue weighted by atomic mass is 32.2. The van der Waals surface area contributed by atoms with Crippen LogP contribution in [0, 0.1) is 5.82 Å². The van der Waals surface area contributed by atoms with Gasteiger partial charge in [0.15, 0.2) is 5.69 Å². The normalized spacial score (nSPS) is 11.6. The Morgan fingerprint density at radius 1 is 1.29 bits per heavy atom. The van der Waals surface area contributed by atoms with Crippen LogP contribution in [0.25, 0.3) is 5.69 Å². The van der Waals surface area contributed by atoms with E-state index in [2.05, 4.69) is 5.10 Å². The van der Waals surface area contributed by atoms with Crippen molar-refractivity contribution in [1.29, 1.82) is 0 Å². The van der Waals surface area contributed by atoms with Gasteiger partial charge in [0.05, 0.1) is 11.4 Å². The van der Waals surface area contributed by atoms with Gasteiger partial charge in [0, 0.05) is 6.07 Å². The zero-order valence-corrected chi connectivity index (χ0v) is 11.1. The Morgan fingerprint density at radius 2 is 1.90 bits per heavy atom. The number of halogens is 4. The number of hydrogen-bond donors (Lipinski definition) is 1. The Kier molecular flexibility index (Phi) is 4.21. The van der Waals surface area contributed by atoms with Crippen molar-refractivity contribution in [3.63, 3.8) is 0 Å². The van der Waals surface area contributed by atoms with Crippen LogP contribution in [0.1, 0.15) is 5.69 Å². The van der Waals surface area contributed by atoms with Gasteiger partial charge in [0.2, 0.25) is 0 Å². The first kappa shape index (κ1) is 15.4. The van der Waals surface area contributed by atoms with Crippen molar-refractivity contribution in [2.45, 2.75) is 11.2 Å². The minimum atomic E-state index is -4.65. The molecule has 0 saturated carbocycles. The minimum Gasteiger partial charge on any atom is -0.481 e. The number of aliphatic carboxylic acids is 1. The zero-order chi connectivity index (χ0) is 15.6. The maximum Gasteiger partial charge on any atom is 0.435 e. The lowest BCUT2D eigenvalue weighted by atomic mass is 10.3. The van der Waals surface area contributed by atoms with Gasteiger partial charge < -0.3 is 5.11 Å². The zero-order valence-electron chi connectivity index (χ0n) is 10.3. The fraction of sp³-hybridized carbons (Fsp3) is 0.167. The highest BCUT2D eigenvalue weighted by molar-refractivity contribution is 7.99. The van der Waals surface area contributed by atoms with Crippen LogP contribution in [0.15, 0.2) is 35.4 Å². The number of thioether (sulfide) groups is 1. The van der Waals surface area contributed by atoms with Gasteiger partial charge in [-0.2, -0.15) is 18.3 Å². The topological polar surface area (TPSA) is 55.1 Å². The highest BCUT2D eigenvalue weighted by Crippen LogP contribution is 2.32. The fourth-order valence-corrected chi connectivity index (χ4v) is 2.24. The number of nitrogens with zero attached hydrogens (tertiary/aromatic N) is 2. The second-order valence-electron chi connectivity index (χ2n) is 3.94. The summed E-state index contributed by atoms with van der Waals surface area (Å²) < 4.78 is 51.9. The fourth-order valence-electron chi connectivity index (χ4n) is 1.51. The molecule has 0 unspecified atom stereocenters. The van der Waals surface area contributed by atoms with E-state index < -0.39 is 29.4 Å². The summed E-state index contributed by atoms with van der Waals surface area (Å²) in [6.45, 7) is 0. The van der Waals surface area contributed by atoms with Crippen molar-refractivity contribution in [3.05, 3.63) is 41.8 Å². The van der Waals surface area contributed by atoms with E-state index >= 15 is 0 Å². The summed E-state index contributed by atoms with van der Waals surface area (Å²) in [7, 11) is 0. The number of carboxylic acids is 1. The van der Waals surface area contributed by atoms with E-state index in [1.54, 1.807) is 0 Å². The summed E-state index contributed by atoms with van der Waals surface area (Å²) in [5.41, 5.74) is -0.931. The Bertz CT molecular complexity index is 652. The predicted octanol–water partition coefficient (Wildman–Crippen LogP) is 3.21. The number of aromatic nitrogens is 2. The molecule has 0 aliphatic rings. The lowest BCUT2D eigenvalue weighted by Gasteiger charge is -2.06. The number of carbonyl (C=O) groups is 1. The third-order valence-electron chi connectivity index (χ3n) is 2.38. The highest BCUT2D eigenvalue weighted by Gasteiger charge is 2.35. The van der Waals surface area contributed by atoms with Crippen molar-refractivity contribution >= 4 is 17.7 Å². The molecule has 1 N–H and O–H groups in total. The van der Waals surface area contributed by atoms with Crippen LogP contribution in [0.2, 0.25) is 0 Å². The van der Waals surface area contributed by atoms with Crippen LogP contribution < -0.4 is 0 Å². The SMILES string of the molecule is O=C(O)CSc1cc(C(F)(F)F)nn1-c1ccc(F)cc1. The van der Waals surface area contributed by atoms with Crippen LogP contribution in [0.3, 0.4) is 0 Å². The molecule has 1 aromatic heterocycles. The Hall–Kier alpha value is -2.03. The Labute approximate surface area is 120 Å². The van der Waals surface area contributed by atoms with Crippen molar-refractivity contribution in [2.24, 2.45) is 0 Å². The molecule has 9 heteroatoms. The molecule has 112 valence electrons. The Morgan fingerprint density at radius 3 is 2.43 bits per heavy atom. The van der Waals surface area contributed by atoms with Gasteiger partial charge in [0.1, 0.15) is 10.8 Å². The van der Waals surface area contributed by atoms with Crippen molar-refractivity contribution in [3.8, 4) is 5.69 Å². The summed E-state index contributed by atoms with van der Waals surface area (Å²) in [6.07, 6.45) is -4.65. The summed E-state index contributed by atoms with van der Waals surface area (Å²) >= 11 is 0.698. The van der Waals surface area contributed by atoms with Gasteiger partial charge in [-0.1, -0.05) is 11.8 Å². The van der Waals surface area contributed by atoms with Crippen LogP contribution in [0.5, 0.6) is 0 Å². The molecular weight excluding hydrogens is 312 g/mol. The minimum absolute atomic E-state index is 0.0105. The number of benzene rings is 1. The predicted molar refractivity (Wildman–Crippen MR) is 66.9 cm³/mol. The summed E-state index contributed by atoms with van der Waals surface area (Å²) in [5.74, 6) is -2.12. The molecule has 1 heterocycles. The standard InChI is InChI=1S/C12H8F4N2O2S/c13-7-1-3-8(4-2-7)18-10(21-6-11(19)20)5-9(17-18)12(14,15)16/h1-5H,6H2,(H,19,20). The molecule has 0 atom stereocenters. The lowest BCUT2D eigenvalue weighted by Crippen LogP contribution is -2.07. The molecule has 0 amide bonds. The maximum absolute atomic E-state index is 12.9. The molecule has 0 bridgehead atoms. The molecule has 0 fully saturated rings. The lowest BCUT2D eigenvalue weighted by molar-refractivity contribution is -0.141. The molecule has 0 aliphatic carbocycles. The van der Waals surface area contributed by atoms with Gasteiger partial charge >= 0.3 is 12.1 Å². The van der Waals surface area contributed by atoms with E-state index in [9.17, 15) is 22.4 Å². The van der Waals surface area contributed by atoms with Crippen LogP contribution in [0.4, 0.5) is 17.6 Å². The van der Waals surface area contributed by atoms with Gasteiger partial charge in [-0.25, -0.2) is 9.07 Å². The molecule has 21 heavy (non-hydrogen) atoms. The molecule has 0 saturated heterocycles. The summed E-state index contributed by atoms with van der Waals surface area (Å²) in [5, 5.41) is 12.0. The van der Waals surface area contributed by atoms with Gasteiger partial charge in [0.25, 0.3) is 0 Å². The smallest absolute Gasteiger partial charge is 0.435 e. The van der Waals surface area contributed by atoms with Crippen LogP contribution in [-0.2, 0) is 11.0 Å². The van der Waals surface area contributed by atoms with E-state index in [1.807, 2.05) is 0 Å². The number of hydrogen-bond acceptors (Lipinski definition) is 3. The third-order valence-corrected chi connectivity index (χ3v) is 3.36. The quantitative estimate of drug-likeness (QED) is 0.694. The van der Waals surface area contributed by atoms with Gasteiger partial charge in [-0.05, 0) is 24.3 Å². The molecule has 4 nitrogen and oxygen atoms in total. The Balaban J connectivity index is 2.43. The van der Waals surface area contributed by atoms with Crippen LogP contribution >= 0.6 is 11.8 Å². The molecule has 0 radical (unpaired) electrons. The maximum atomic E-state index is 12.9. The first-order chi connectivity index (χ1) is 9.77. The van der Waals surface area contributed by atoms with Crippen LogP contribution in [-0.4, -0.2) is 26.6 Å². The molecule has 2 rings (SSSR count). The summed E-state index contributed by atoms with van der Waals surface area (Å²) in [4.78, 5) is 10.5. The van der Waals surface area contributed by atoms with Crippen molar-refractivity contribution in [1.82, 2.24) is 9.78 Å². The second-order valence-corrected chi connectivity index (χ2v) is 4.93. The van der Waals surface area contributed by atoms with E-state index in [1.165, 1.54) is 12.1 Å². The molecular formula is C12H8F4N2O2S. The van der Waals surface area contributed by atoms with E-state index in [0.717, 1.165) is 22.9 Å². The molecule has 1 aromatic carbocycles. The third kappa shape index (κ3) is 3.75. The summed E-state index contributed by atoms with van der Waals surface area (Å²) in [6, 6.07) is 5.43. The number of rotatable bonds is 4. The number of alkyl halides is 3. The molecule has 0 spiro atoms. The second kappa shape index (κ2) is 5.76. The van der Waals surface area contributed by atoms with Crippen molar-refractivity contribution in [2.75, 3.05) is 5.75 Å². The van der Waals surface area contributed by atoms with E-state index in [4.69, 9.17) is 5.11 Å². The average molecular weight is 320 g/mol. The largest absolute Gasteiger partial charge is 0.481 e. The van der Waals surface area contributed by atoms with Crippen molar-refractivity contribution < 1.29 is 27.5 Å². The van der Waals surface area contributed by atoms with E-state index in [0.29, 0.717) is 11.8 Å². The average Bonchev–Trinajstić information content (AvgIpc) is 2.81. The first-order valence-electron chi connectivity index (χ1n) is 5.55. The molecule has 2 aromatic rings. The first-order valence-corrected chi connectivity index (χ1v) is 6.54. The monoisotopic (exact) mass is 320 g/mol. The van der Waals surface area contributed by atoms with Gasteiger partial charge in [-0.3, -0.25) is 4.79 Å². The van der Waals surface area contributed by atoms with E-state index in [-0.39, 0.29) is 10.7 Å².